The largest absolute Gasteiger partial charge is 0.484 e. The highest BCUT2D eigenvalue weighted by Gasteiger charge is 2.35. The molecule has 1 atom stereocenters. The van der Waals surface area contributed by atoms with E-state index in [1.807, 2.05) is 35.2 Å². The molecule has 164 valence electrons. The lowest BCUT2D eigenvalue weighted by molar-refractivity contribution is -0.135. The molecule has 2 heterocycles. The summed E-state index contributed by atoms with van der Waals surface area (Å²) in [5.41, 5.74) is 0. The van der Waals surface area contributed by atoms with Crippen LogP contribution in [0.1, 0.15) is 19.3 Å². The fourth-order valence-electron chi connectivity index (χ4n) is 3.97. The van der Waals surface area contributed by atoms with Gasteiger partial charge in [-0.1, -0.05) is 18.2 Å². The van der Waals surface area contributed by atoms with Gasteiger partial charge in [0.25, 0.3) is 5.91 Å². The number of hydrogen-bond acceptors (Lipinski definition) is 5. The van der Waals surface area contributed by atoms with Crippen LogP contribution in [-0.2, 0) is 19.1 Å². The molecule has 0 spiro atoms. The van der Waals surface area contributed by atoms with Crippen LogP contribution in [0.15, 0.2) is 30.3 Å². The standard InChI is InChI=1S/C22H31N3O5/c1-29-12-9-23-22(28)18-13-20(26)25(15-18)14-17-7-10-24(11-8-17)21(27)16-30-19-5-3-2-4-6-19/h2-6,17-18H,7-16H2,1H3,(H,23,28). The molecule has 2 fully saturated rings. The van der Waals surface area contributed by atoms with Crippen molar-refractivity contribution in [3.05, 3.63) is 30.3 Å². The van der Waals surface area contributed by atoms with Crippen LogP contribution in [0.25, 0.3) is 0 Å². The number of benzene rings is 1. The number of para-hydroxylation sites is 1. The molecule has 0 saturated carbocycles. The molecule has 1 aromatic carbocycles. The predicted octanol–water partition coefficient (Wildman–Crippen LogP) is 0.915. The molecule has 0 aliphatic carbocycles. The number of piperidine rings is 1. The van der Waals surface area contributed by atoms with Crippen LogP contribution in [0.3, 0.4) is 0 Å². The highest BCUT2D eigenvalue weighted by molar-refractivity contribution is 5.89. The highest BCUT2D eigenvalue weighted by Crippen LogP contribution is 2.24. The summed E-state index contributed by atoms with van der Waals surface area (Å²) in [5.74, 6) is 0.698. The third-order valence-electron chi connectivity index (χ3n) is 5.74. The van der Waals surface area contributed by atoms with Crippen LogP contribution in [0.2, 0.25) is 0 Å². The molecule has 2 aliphatic rings. The molecule has 1 aromatic rings. The van der Waals surface area contributed by atoms with Gasteiger partial charge in [-0.15, -0.1) is 0 Å². The molecule has 2 saturated heterocycles. The van der Waals surface area contributed by atoms with E-state index < -0.39 is 0 Å². The summed E-state index contributed by atoms with van der Waals surface area (Å²) >= 11 is 0. The van der Waals surface area contributed by atoms with Crippen molar-refractivity contribution in [2.24, 2.45) is 11.8 Å². The van der Waals surface area contributed by atoms with Crippen molar-refractivity contribution in [3.8, 4) is 5.75 Å². The van der Waals surface area contributed by atoms with E-state index >= 15 is 0 Å². The zero-order chi connectivity index (χ0) is 21.3. The third-order valence-corrected chi connectivity index (χ3v) is 5.74. The number of methoxy groups -OCH3 is 1. The molecule has 8 nitrogen and oxygen atoms in total. The molecule has 8 heteroatoms. The van der Waals surface area contributed by atoms with Crippen LogP contribution >= 0.6 is 0 Å². The lowest BCUT2D eigenvalue weighted by Crippen LogP contribution is -2.43. The number of rotatable bonds is 9. The summed E-state index contributed by atoms with van der Waals surface area (Å²) in [5, 5.41) is 2.81. The summed E-state index contributed by atoms with van der Waals surface area (Å²) in [6.45, 7) is 3.43. The average Bonchev–Trinajstić information content (AvgIpc) is 3.13. The van der Waals surface area contributed by atoms with Gasteiger partial charge in [0.05, 0.1) is 12.5 Å². The van der Waals surface area contributed by atoms with Gasteiger partial charge in [0.15, 0.2) is 6.61 Å². The zero-order valence-corrected chi connectivity index (χ0v) is 17.5. The third kappa shape index (κ3) is 6.19. The number of likely N-dealkylation sites (tertiary alicyclic amines) is 2. The Balaban J connectivity index is 1.37. The predicted molar refractivity (Wildman–Crippen MR) is 111 cm³/mol. The molecule has 0 radical (unpaired) electrons. The van der Waals surface area contributed by atoms with Crippen LogP contribution < -0.4 is 10.1 Å². The number of nitrogens with one attached hydrogen (secondary N) is 1. The summed E-state index contributed by atoms with van der Waals surface area (Å²) in [6, 6.07) is 9.31. The van der Waals surface area contributed by atoms with Gasteiger partial charge in [0.1, 0.15) is 5.75 Å². The van der Waals surface area contributed by atoms with Gasteiger partial charge in [-0.05, 0) is 30.9 Å². The van der Waals surface area contributed by atoms with E-state index in [1.165, 1.54) is 0 Å². The molecule has 0 aromatic heterocycles. The minimum absolute atomic E-state index is 0.0117. The van der Waals surface area contributed by atoms with E-state index in [-0.39, 0.29) is 36.7 Å². The van der Waals surface area contributed by atoms with Crippen molar-refractivity contribution in [1.29, 1.82) is 0 Å². The van der Waals surface area contributed by atoms with Gasteiger partial charge < -0.3 is 24.6 Å². The Labute approximate surface area is 177 Å². The molecular formula is C22H31N3O5. The van der Waals surface area contributed by atoms with Crippen molar-refractivity contribution < 1.29 is 23.9 Å². The van der Waals surface area contributed by atoms with Crippen LogP contribution in [-0.4, -0.2) is 80.6 Å². The first-order chi connectivity index (χ1) is 14.6. The Morgan fingerprint density at radius 2 is 1.90 bits per heavy atom. The first-order valence-corrected chi connectivity index (χ1v) is 10.6. The van der Waals surface area contributed by atoms with Gasteiger partial charge in [-0.3, -0.25) is 14.4 Å². The number of ether oxygens (including phenoxy) is 2. The smallest absolute Gasteiger partial charge is 0.260 e. The maximum absolute atomic E-state index is 12.4. The van der Waals surface area contributed by atoms with E-state index in [0.29, 0.717) is 51.0 Å². The second kappa shape index (κ2) is 11.0. The Morgan fingerprint density at radius 1 is 1.17 bits per heavy atom. The fraction of sp³-hybridized carbons (Fsp3) is 0.591. The zero-order valence-electron chi connectivity index (χ0n) is 17.5. The summed E-state index contributed by atoms with van der Waals surface area (Å²) in [6.07, 6.45) is 1.98. The molecule has 1 N–H and O–H groups in total. The average molecular weight is 418 g/mol. The molecular weight excluding hydrogens is 386 g/mol. The number of amides is 3. The Kier molecular flexibility index (Phi) is 8.07. The van der Waals surface area contributed by atoms with E-state index in [0.717, 1.165) is 12.8 Å². The van der Waals surface area contributed by atoms with Crippen molar-refractivity contribution in [2.75, 3.05) is 53.0 Å². The Bertz CT molecular complexity index is 719. The summed E-state index contributed by atoms with van der Waals surface area (Å²) < 4.78 is 10.5. The van der Waals surface area contributed by atoms with Gasteiger partial charge >= 0.3 is 0 Å². The number of carbonyl (C=O) groups is 3. The van der Waals surface area contributed by atoms with E-state index in [4.69, 9.17) is 9.47 Å². The topological polar surface area (TPSA) is 88.2 Å². The highest BCUT2D eigenvalue weighted by atomic mass is 16.5. The second-order valence-electron chi connectivity index (χ2n) is 7.91. The normalized spacial score (nSPS) is 19.8. The minimum atomic E-state index is -0.286. The number of hydrogen-bond donors (Lipinski definition) is 1. The van der Waals surface area contributed by atoms with Crippen LogP contribution in [0.4, 0.5) is 0 Å². The minimum Gasteiger partial charge on any atom is -0.484 e. The summed E-state index contributed by atoms with van der Waals surface area (Å²) in [4.78, 5) is 40.5. The maximum Gasteiger partial charge on any atom is 0.260 e. The fourth-order valence-corrected chi connectivity index (χ4v) is 3.97. The molecule has 3 rings (SSSR count). The SMILES string of the molecule is COCCNC(=O)C1CC(=O)N(CC2CCN(C(=O)COc3ccccc3)CC2)C1. The van der Waals surface area contributed by atoms with Crippen molar-refractivity contribution in [3.63, 3.8) is 0 Å². The maximum atomic E-state index is 12.4. The molecule has 0 bridgehead atoms. The first-order valence-electron chi connectivity index (χ1n) is 10.6. The number of nitrogens with zero attached hydrogens (tertiary/aromatic N) is 2. The van der Waals surface area contributed by atoms with Gasteiger partial charge in [-0.2, -0.15) is 0 Å². The van der Waals surface area contributed by atoms with Crippen molar-refractivity contribution in [2.45, 2.75) is 19.3 Å². The summed E-state index contributed by atoms with van der Waals surface area (Å²) in [7, 11) is 1.59. The molecule has 1 unspecified atom stereocenters. The van der Waals surface area contributed by atoms with Gasteiger partial charge in [-0.25, -0.2) is 0 Å². The van der Waals surface area contributed by atoms with Crippen LogP contribution in [0, 0.1) is 11.8 Å². The van der Waals surface area contributed by atoms with Crippen LogP contribution in [0.5, 0.6) is 5.75 Å². The van der Waals surface area contributed by atoms with Gasteiger partial charge in [0.2, 0.25) is 11.8 Å². The first kappa shape index (κ1) is 22.1. The van der Waals surface area contributed by atoms with Gasteiger partial charge in [0, 0.05) is 46.3 Å². The van der Waals surface area contributed by atoms with Crippen molar-refractivity contribution in [1.82, 2.24) is 15.1 Å². The van der Waals surface area contributed by atoms with E-state index in [9.17, 15) is 14.4 Å². The lowest BCUT2D eigenvalue weighted by atomic mass is 9.96. The molecule has 3 amide bonds. The Hall–Kier alpha value is -2.61. The van der Waals surface area contributed by atoms with Crippen molar-refractivity contribution >= 4 is 17.7 Å². The molecule has 30 heavy (non-hydrogen) atoms. The van der Waals surface area contributed by atoms with E-state index in [1.54, 1.807) is 12.0 Å². The molecule has 2 aliphatic heterocycles. The monoisotopic (exact) mass is 417 g/mol. The second-order valence-corrected chi connectivity index (χ2v) is 7.91. The quantitative estimate of drug-likeness (QED) is 0.604. The number of carbonyl (C=O) groups excluding carboxylic acids is 3. The Morgan fingerprint density at radius 3 is 2.60 bits per heavy atom. The van der Waals surface area contributed by atoms with E-state index in [2.05, 4.69) is 5.32 Å². The lowest BCUT2D eigenvalue weighted by Gasteiger charge is -2.34.